The maximum atomic E-state index is 11.9. The number of carbonyl (C=O) groups excluding carboxylic acids is 1. The van der Waals surface area contributed by atoms with Gasteiger partial charge in [-0.1, -0.05) is 13.3 Å². The Morgan fingerprint density at radius 2 is 1.81 bits per heavy atom. The minimum atomic E-state index is -1.64. The van der Waals surface area contributed by atoms with Crippen molar-refractivity contribution < 1.29 is 19.4 Å². The van der Waals surface area contributed by atoms with E-state index in [4.69, 9.17) is 11.5 Å². The predicted octanol–water partition coefficient (Wildman–Crippen LogP) is 0.633. The Balaban J connectivity index is 0.000000621. The molecule has 1 rings (SSSR count). The van der Waals surface area contributed by atoms with Crippen molar-refractivity contribution >= 4 is 12.1 Å². The van der Waals surface area contributed by atoms with E-state index in [-0.39, 0.29) is 6.42 Å². The molecule has 9 nitrogen and oxygen atoms in total. The summed E-state index contributed by atoms with van der Waals surface area (Å²) in [6.07, 6.45) is 0.463. The second-order valence-corrected chi connectivity index (χ2v) is 7.69. The first-order valence-corrected chi connectivity index (χ1v) is 9.58. The Morgan fingerprint density at radius 1 is 1.26 bits per heavy atom. The van der Waals surface area contributed by atoms with Gasteiger partial charge in [-0.3, -0.25) is 15.5 Å². The number of carboxylic acid groups (broad SMARTS) is 1. The number of hydrogen-bond donors (Lipinski definition) is 4. The number of hydrogen-bond acceptors (Lipinski definition) is 7. The Kier molecular flexibility index (Phi) is 11.5. The molecule has 0 aromatic heterocycles. The van der Waals surface area contributed by atoms with E-state index < -0.39 is 23.3 Å². The van der Waals surface area contributed by atoms with Crippen LogP contribution in [0.3, 0.4) is 0 Å². The minimum absolute atomic E-state index is 0.236. The average molecular weight is 390 g/mol. The van der Waals surface area contributed by atoms with Gasteiger partial charge in [0.15, 0.2) is 5.66 Å². The van der Waals surface area contributed by atoms with Crippen LogP contribution >= 0.6 is 0 Å². The second-order valence-electron chi connectivity index (χ2n) is 7.69. The van der Waals surface area contributed by atoms with E-state index in [1.165, 1.54) is 7.11 Å². The Hall–Kier alpha value is -1.42. The monoisotopic (exact) mass is 389 g/mol. The SMILES string of the molecule is CCCC[C@@](N)(C(=O)OC)N(C(=O)O)C(C)(C)C.NCCN1CCNCC1. The molecule has 160 valence electrons. The highest BCUT2D eigenvalue weighted by atomic mass is 16.5. The molecule has 0 spiro atoms. The summed E-state index contributed by atoms with van der Waals surface area (Å²) in [6, 6.07) is 0. The van der Waals surface area contributed by atoms with Gasteiger partial charge in [0.05, 0.1) is 7.11 Å². The van der Waals surface area contributed by atoms with E-state index in [9.17, 15) is 14.7 Å². The number of nitrogens with one attached hydrogen (secondary N) is 1. The summed E-state index contributed by atoms with van der Waals surface area (Å²) in [5, 5.41) is 12.6. The highest BCUT2D eigenvalue weighted by Crippen LogP contribution is 2.27. The second kappa shape index (κ2) is 12.1. The van der Waals surface area contributed by atoms with Gasteiger partial charge in [0.2, 0.25) is 0 Å². The summed E-state index contributed by atoms with van der Waals surface area (Å²) in [6.45, 7) is 13.4. The first-order valence-electron chi connectivity index (χ1n) is 9.58. The van der Waals surface area contributed by atoms with Crippen molar-refractivity contribution in [3.8, 4) is 0 Å². The van der Waals surface area contributed by atoms with E-state index in [1.54, 1.807) is 20.8 Å². The molecule has 1 saturated heterocycles. The molecule has 0 aromatic carbocycles. The van der Waals surface area contributed by atoms with Gasteiger partial charge in [-0.2, -0.15) is 0 Å². The number of nitrogens with two attached hydrogens (primary N) is 2. The lowest BCUT2D eigenvalue weighted by molar-refractivity contribution is -0.158. The first kappa shape index (κ1) is 25.6. The molecule has 9 heteroatoms. The lowest BCUT2D eigenvalue weighted by Gasteiger charge is -2.44. The van der Waals surface area contributed by atoms with Crippen molar-refractivity contribution in [3.05, 3.63) is 0 Å². The predicted molar refractivity (Wildman–Crippen MR) is 106 cm³/mol. The van der Waals surface area contributed by atoms with Crippen LogP contribution in [0.15, 0.2) is 0 Å². The Labute approximate surface area is 163 Å². The van der Waals surface area contributed by atoms with Gasteiger partial charge in [-0.15, -0.1) is 0 Å². The number of unbranched alkanes of at least 4 members (excludes halogenated alkanes) is 1. The maximum absolute atomic E-state index is 11.9. The number of rotatable bonds is 7. The molecule has 1 atom stereocenters. The van der Waals surface area contributed by atoms with Crippen LogP contribution < -0.4 is 16.8 Å². The Bertz CT molecular complexity index is 447. The number of methoxy groups -OCH3 is 1. The molecule has 0 aromatic rings. The van der Waals surface area contributed by atoms with Crippen LogP contribution in [0.25, 0.3) is 0 Å². The maximum Gasteiger partial charge on any atom is 0.409 e. The van der Waals surface area contributed by atoms with Gasteiger partial charge in [0.25, 0.3) is 0 Å². The topological polar surface area (TPSA) is 134 Å². The summed E-state index contributed by atoms with van der Waals surface area (Å²) in [4.78, 5) is 26.7. The first-order chi connectivity index (χ1) is 12.5. The van der Waals surface area contributed by atoms with Crippen molar-refractivity contribution in [1.82, 2.24) is 15.1 Å². The zero-order chi connectivity index (χ0) is 21.1. The van der Waals surface area contributed by atoms with Gasteiger partial charge in [0.1, 0.15) is 0 Å². The van der Waals surface area contributed by atoms with Crippen LogP contribution in [-0.4, -0.2) is 84.5 Å². The average Bonchev–Trinajstić information content (AvgIpc) is 2.59. The fourth-order valence-electron chi connectivity index (χ4n) is 3.10. The molecule has 1 aliphatic heterocycles. The van der Waals surface area contributed by atoms with Gasteiger partial charge in [-0.05, 0) is 33.6 Å². The van der Waals surface area contributed by atoms with Crippen LogP contribution in [0, 0.1) is 0 Å². The summed E-state index contributed by atoms with van der Waals surface area (Å²) < 4.78 is 4.67. The standard InChI is InChI=1S/C12H24N2O4.C6H15N3/c1-6-7-8-12(13,9(15)18-5)14(10(16)17)11(2,3)4;7-1-4-9-5-2-8-3-6-9/h6-8,13H2,1-5H3,(H,16,17);8H,1-7H2/t12-;/m0./s1. The van der Waals surface area contributed by atoms with Crippen LogP contribution in [0.5, 0.6) is 0 Å². The van der Waals surface area contributed by atoms with E-state index in [2.05, 4.69) is 15.0 Å². The number of piperazine rings is 1. The molecule has 1 fully saturated rings. The summed E-state index contributed by atoms with van der Waals surface area (Å²) >= 11 is 0. The molecule has 1 heterocycles. The third-order valence-electron chi connectivity index (χ3n) is 4.37. The molecule has 0 bridgehead atoms. The van der Waals surface area contributed by atoms with Crippen LogP contribution in [-0.2, 0) is 9.53 Å². The summed E-state index contributed by atoms with van der Waals surface area (Å²) in [5.41, 5.74) is 9.00. The fourth-order valence-corrected chi connectivity index (χ4v) is 3.10. The number of nitrogens with zero attached hydrogens (tertiary/aromatic N) is 2. The van der Waals surface area contributed by atoms with Crippen molar-refractivity contribution in [2.75, 3.05) is 46.4 Å². The Morgan fingerprint density at radius 3 is 2.19 bits per heavy atom. The quantitative estimate of drug-likeness (QED) is 0.368. The van der Waals surface area contributed by atoms with Gasteiger partial charge in [0, 0.05) is 44.8 Å². The van der Waals surface area contributed by atoms with Gasteiger partial charge in [-0.25, -0.2) is 9.59 Å². The molecule has 6 N–H and O–H groups in total. The lowest BCUT2D eigenvalue weighted by atomic mass is 9.95. The highest BCUT2D eigenvalue weighted by Gasteiger charge is 2.48. The smallest absolute Gasteiger partial charge is 0.409 e. The molecule has 0 unspecified atom stereocenters. The van der Waals surface area contributed by atoms with Gasteiger partial charge < -0.3 is 20.9 Å². The van der Waals surface area contributed by atoms with Crippen LogP contribution in [0.2, 0.25) is 0 Å². The third-order valence-corrected chi connectivity index (χ3v) is 4.37. The number of amides is 1. The van der Waals surface area contributed by atoms with E-state index in [0.29, 0.717) is 6.42 Å². The van der Waals surface area contributed by atoms with Gasteiger partial charge >= 0.3 is 12.1 Å². The van der Waals surface area contributed by atoms with E-state index in [1.807, 2.05) is 6.92 Å². The highest BCUT2D eigenvalue weighted by molar-refractivity contribution is 5.85. The fraction of sp³-hybridized carbons (Fsp3) is 0.889. The minimum Gasteiger partial charge on any atom is -0.466 e. The zero-order valence-electron chi connectivity index (χ0n) is 17.6. The van der Waals surface area contributed by atoms with E-state index in [0.717, 1.165) is 50.6 Å². The molecular formula is C18H39N5O4. The van der Waals surface area contributed by atoms with Crippen molar-refractivity contribution in [1.29, 1.82) is 0 Å². The number of esters is 1. The molecule has 1 aliphatic rings. The molecular weight excluding hydrogens is 350 g/mol. The normalized spacial score (nSPS) is 17.3. The van der Waals surface area contributed by atoms with Crippen molar-refractivity contribution in [3.63, 3.8) is 0 Å². The van der Waals surface area contributed by atoms with Crippen molar-refractivity contribution in [2.24, 2.45) is 11.5 Å². The summed E-state index contributed by atoms with van der Waals surface area (Å²) in [7, 11) is 1.21. The lowest BCUT2D eigenvalue weighted by Crippen LogP contribution is -2.68. The van der Waals surface area contributed by atoms with Crippen LogP contribution in [0.1, 0.15) is 47.0 Å². The number of carbonyl (C=O) groups is 2. The molecule has 0 radical (unpaired) electrons. The zero-order valence-corrected chi connectivity index (χ0v) is 17.6. The largest absolute Gasteiger partial charge is 0.466 e. The van der Waals surface area contributed by atoms with Crippen LogP contribution in [0.4, 0.5) is 4.79 Å². The molecule has 0 aliphatic carbocycles. The third kappa shape index (κ3) is 8.42. The molecule has 0 saturated carbocycles. The number of ether oxygens (including phenoxy) is 1. The van der Waals surface area contributed by atoms with E-state index >= 15 is 0 Å². The molecule has 27 heavy (non-hydrogen) atoms. The summed E-state index contributed by atoms with van der Waals surface area (Å²) in [5.74, 6) is -0.728. The molecule has 1 amide bonds. The van der Waals surface area contributed by atoms with Crippen molar-refractivity contribution in [2.45, 2.75) is 58.2 Å².